The molecule has 152 valence electrons. The third-order valence-corrected chi connectivity index (χ3v) is 5.42. The number of aliphatic imine (C=N–C) groups is 1. The van der Waals surface area contributed by atoms with Crippen molar-refractivity contribution < 1.29 is 12.8 Å². The molecule has 0 heterocycles. The smallest absolute Gasteiger partial charge is 0.191 e. The Morgan fingerprint density at radius 3 is 2.34 bits per heavy atom. The first-order valence-corrected chi connectivity index (χ1v) is 11.3. The lowest BCUT2D eigenvalue weighted by atomic mass is 10.0. The summed E-state index contributed by atoms with van der Waals surface area (Å²) >= 11 is 0. The molecular weight excluding hydrogens is 389 g/mol. The second-order valence-electron chi connectivity index (χ2n) is 6.90. The Bertz CT molecular complexity index is 1140. The van der Waals surface area contributed by atoms with E-state index in [1.165, 1.54) is 29.0 Å². The highest BCUT2D eigenvalue weighted by Gasteiger charge is 2.11. The van der Waals surface area contributed by atoms with E-state index in [1.54, 1.807) is 7.05 Å². The van der Waals surface area contributed by atoms with Crippen molar-refractivity contribution in [3.05, 3.63) is 83.2 Å². The second kappa shape index (κ2) is 9.05. The molecule has 0 fully saturated rings. The zero-order valence-corrected chi connectivity index (χ0v) is 17.3. The number of sulfone groups is 1. The molecule has 3 aromatic carbocycles. The SMILES string of the molecule is CN=C(NCc1cc(F)ccc1CS(C)(=O)=O)NCc1cccc2ccccc12. The highest BCUT2D eigenvalue weighted by atomic mass is 32.2. The lowest BCUT2D eigenvalue weighted by molar-refractivity contribution is 0.599. The quantitative estimate of drug-likeness (QED) is 0.480. The summed E-state index contributed by atoms with van der Waals surface area (Å²) < 4.78 is 37.0. The first-order chi connectivity index (χ1) is 13.9. The normalized spacial score (nSPS) is 12.2. The van der Waals surface area contributed by atoms with Crippen LogP contribution in [0.5, 0.6) is 0 Å². The Kier molecular flexibility index (Phi) is 6.49. The highest BCUT2D eigenvalue weighted by Crippen LogP contribution is 2.18. The van der Waals surface area contributed by atoms with Crippen LogP contribution in [0.4, 0.5) is 4.39 Å². The first kappa shape index (κ1) is 20.8. The van der Waals surface area contributed by atoms with Crippen molar-refractivity contribution in [2.75, 3.05) is 13.3 Å². The van der Waals surface area contributed by atoms with Gasteiger partial charge >= 0.3 is 0 Å². The van der Waals surface area contributed by atoms with Crippen LogP contribution >= 0.6 is 0 Å². The van der Waals surface area contributed by atoms with Gasteiger partial charge in [0.15, 0.2) is 15.8 Å². The molecular formula is C22H24FN3O2S. The summed E-state index contributed by atoms with van der Waals surface area (Å²) in [6.45, 7) is 0.832. The predicted octanol–water partition coefficient (Wildman–Crippen LogP) is 3.39. The number of hydrogen-bond donors (Lipinski definition) is 2. The lowest BCUT2D eigenvalue weighted by Crippen LogP contribution is -2.36. The zero-order chi connectivity index (χ0) is 20.9. The van der Waals surface area contributed by atoms with Crippen LogP contribution in [0.25, 0.3) is 10.8 Å². The Morgan fingerprint density at radius 2 is 1.62 bits per heavy atom. The molecule has 0 saturated carbocycles. The average Bonchev–Trinajstić information content (AvgIpc) is 2.69. The summed E-state index contributed by atoms with van der Waals surface area (Å²) in [5.41, 5.74) is 2.30. The molecule has 0 atom stereocenters. The highest BCUT2D eigenvalue weighted by molar-refractivity contribution is 7.89. The molecule has 0 amide bonds. The van der Waals surface area contributed by atoms with E-state index in [0.29, 0.717) is 23.6 Å². The van der Waals surface area contributed by atoms with Crippen LogP contribution < -0.4 is 10.6 Å². The molecule has 0 bridgehead atoms. The number of rotatable bonds is 6. The fourth-order valence-electron chi connectivity index (χ4n) is 3.21. The largest absolute Gasteiger partial charge is 0.352 e. The Balaban J connectivity index is 1.69. The molecule has 0 spiro atoms. The van der Waals surface area contributed by atoms with E-state index in [0.717, 1.165) is 11.8 Å². The molecule has 0 aromatic heterocycles. The van der Waals surface area contributed by atoms with E-state index in [1.807, 2.05) is 18.2 Å². The average molecular weight is 414 g/mol. The van der Waals surface area contributed by atoms with Crippen molar-refractivity contribution in [2.45, 2.75) is 18.8 Å². The van der Waals surface area contributed by atoms with Gasteiger partial charge in [-0.25, -0.2) is 12.8 Å². The summed E-state index contributed by atoms with van der Waals surface area (Å²) in [7, 11) is -1.57. The first-order valence-electron chi connectivity index (χ1n) is 9.22. The Morgan fingerprint density at radius 1 is 0.931 bits per heavy atom. The molecule has 0 aliphatic rings. The van der Waals surface area contributed by atoms with E-state index in [9.17, 15) is 12.8 Å². The molecule has 0 saturated heterocycles. The van der Waals surface area contributed by atoms with Gasteiger partial charge in [0.25, 0.3) is 0 Å². The van der Waals surface area contributed by atoms with Crippen molar-refractivity contribution in [3.63, 3.8) is 0 Å². The molecule has 0 radical (unpaired) electrons. The number of nitrogens with zero attached hydrogens (tertiary/aromatic N) is 1. The lowest BCUT2D eigenvalue weighted by Gasteiger charge is -2.15. The van der Waals surface area contributed by atoms with Crippen LogP contribution in [-0.2, 0) is 28.7 Å². The molecule has 3 rings (SSSR count). The Hall–Kier alpha value is -2.93. The summed E-state index contributed by atoms with van der Waals surface area (Å²) in [4.78, 5) is 4.21. The predicted molar refractivity (Wildman–Crippen MR) is 116 cm³/mol. The summed E-state index contributed by atoms with van der Waals surface area (Å²) in [5, 5.41) is 8.72. The number of guanidine groups is 1. The second-order valence-corrected chi connectivity index (χ2v) is 9.04. The van der Waals surface area contributed by atoms with Crippen molar-refractivity contribution in [1.29, 1.82) is 0 Å². The van der Waals surface area contributed by atoms with E-state index in [-0.39, 0.29) is 12.3 Å². The maximum Gasteiger partial charge on any atom is 0.191 e. The zero-order valence-electron chi connectivity index (χ0n) is 16.4. The molecule has 3 aromatic rings. The molecule has 2 N–H and O–H groups in total. The standard InChI is InChI=1S/C22H24FN3O2S/c1-24-22(25-13-17-8-5-7-16-6-3-4-9-21(16)17)26-14-19-12-20(23)11-10-18(19)15-29(2,27)28/h3-12H,13-15H2,1-2H3,(H2,24,25,26). The molecule has 0 aliphatic heterocycles. The van der Waals surface area contributed by atoms with Gasteiger partial charge in [0.2, 0.25) is 0 Å². The van der Waals surface area contributed by atoms with Gasteiger partial charge in [-0.2, -0.15) is 0 Å². The minimum atomic E-state index is -3.22. The Labute approximate surface area is 170 Å². The minimum absolute atomic E-state index is 0.133. The van der Waals surface area contributed by atoms with E-state index >= 15 is 0 Å². The molecule has 0 unspecified atom stereocenters. The van der Waals surface area contributed by atoms with E-state index < -0.39 is 15.7 Å². The van der Waals surface area contributed by atoms with Gasteiger partial charge in [0.1, 0.15) is 5.82 Å². The maximum absolute atomic E-state index is 13.7. The molecule has 5 nitrogen and oxygen atoms in total. The van der Waals surface area contributed by atoms with Crippen LogP contribution in [0.2, 0.25) is 0 Å². The number of benzene rings is 3. The fraction of sp³-hybridized carbons (Fsp3) is 0.227. The molecule has 29 heavy (non-hydrogen) atoms. The van der Waals surface area contributed by atoms with Crippen LogP contribution in [0.15, 0.2) is 65.7 Å². The van der Waals surface area contributed by atoms with Gasteiger partial charge in [-0.15, -0.1) is 0 Å². The van der Waals surface area contributed by atoms with E-state index in [4.69, 9.17) is 0 Å². The van der Waals surface area contributed by atoms with Gasteiger partial charge in [-0.3, -0.25) is 4.99 Å². The number of fused-ring (bicyclic) bond motifs is 1. The van der Waals surface area contributed by atoms with Crippen LogP contribution in [-0.4, -0.2) is 27.7 Å². The van der Waals surface area contributed by atoms with Crippen molar-refractivity contribution in [1.82, 2.24) is 10.6 Å². The summed E-state index contributed by atoms with van der Waals surface area (Å²) in [5.74, 6) is 0.0111. The monoisotopic (exact) mass is 413 g/mol. The van der Waals surface area contributed by atoms with Crippen molar-refractivity contribution in [3.8, 4) is 0 Å². The third kappa shape index (κ3) is 5.77. The number of nitrogens with one attached hydrogen (secondary N) is 2. The number of halogens is 1. The van der Waals surface area contributed by atoms with Gasteiger partial charge in [-0.1, -0.05) is 48.5 Å². The van der Waals surface area contributed by atoms with Gasteiger partial charge in [0, 0.05) is 26.4 Å². The molecule has 7 heteroatoms. The van der Waals surface area contributed by atoms with Gasteiger partial charge in [0.05, 0.1) is 5.75 Å². The van der Waals surface area contributed by atoms with Crippen LogP contribution in [0.1, 0.15) is 16.7 Å². The van der Waals surface area contributed by atoms with Crippen LogP contribution in [0, 0.1) is 5.82 Å². The van der Waals surface area contributed by atoms with Crippen molar-refractivity contribution >= 4 is 26.6 Å². The fourth-order valence-corrected chi connectivity index (χ4v) is 4.05. The maximum atomic E-state index is 13.7. The topological polar surface area (TPSA) is 70.6 Å². The van der Waals surface area contributed by atoms with Crippen LogP contribution in [0.3, 0.4) is 0 Å². The third-order valence-electron chi connectivity index (χ3n) is 4.58. The van der Waals surface area contributed by atoms with Gasteiger partial charge < -0.3 is 10.6 Å². The summed E-state index contributed by atoms with van der Waals surface area (Å²) in [6, 6.07) is 18.4. The summed E-state index contributed by atoms with van der Waals surface area (Å²) in [6.07, 6.45) is 1.16. The van der Waals surface area contributed by atoms with E-state index in [2.05, 4.69) is 39.9 Å². The van der Waals surface area contributed by atoms with Crippen molar-refractivity contribution in [2.24, 2.45) is 4.99 Å². The van der Waals surface area contributed by atoms with Gasteiger partial charge in [-0.05, 0) is 39.6 Å². The minimum Gasteiger partial charge on any atom is -0.352 e. The molecule has 0 aliphatic carbocycles. The number of hydrogen-bond acceptors (Lipinski definition) is 3.